The van der Waals surface area contributed by atoms with Crippen LogP contribution < -0.4 is 19.8 Å². The number of hydrogen-bond acceptors (Lipinski definition) is 5. The van der Waals surface area contributed by atoms with E-state index < -0.39 is 25.0 Å². The van der Waals surface area contributed by atoms with Gasteiger partial charge in [0.2, 0.25) is 7.44 Å². The van der Waals surface area contributed by atoms with E-state index in [9.17, 15) is 22.8 Å². The summed E-state index contributed by atoms with van der Waals surface area (Å²) in [4.78, 5) is 2.72. The largest absolute Gasteiger partial charge is 0.492 e. The lowest BCUT2D eigenvalue weighted by Gasteiger charge is -2.19. The third-order valence-corrected chi connectivity index (χ3v) is 11.1. The predicted molar refractivity (Wildman–Crippen MR) is 155 cm³/mol. The third kappa shape index (κ3) is 6.06. The maximum atomic E-state index is 13.2. The molecule has 1 aromatic heterocycles. The highest BCUT2D eigenvalue weighted by atomic mass is 32.1. The fourth-order valence-electron chi connectivity index (χ4n) is 4.63. The molecule has 2 heterocycles. The van der Waals surface area contributed by atoms with E-state index in [-0.39, 0.29) is 12.1 Å². The molecule has 0 amide bonds. The number of anilines is 1. The molecule has 5 rings (SSSR count). The summed E-state index contributed by atoms with van der Waals surface area (Å²) in [6.45, 7) is 4.93. The van der Waals surface area contributed by atoms with Gasteiger partial charge in [0, 0.05) is 34.4 Å². The third-order valence-electron chi connectivity index (χ3n) is 7.19. The van der Waals surface area contributed by atoms with Crippen molar-refractivity contribution >= 4 is 34.6 Å². The summed E-state index contributed by atoms with van der Waals surface area (Å²) in [6.07, 6.45) is -4.35. The quantitative estimate of drug-likeness (QED) is 0.188. The standard InChI is InChI=1S/C29H31F3N3O3PS/c1-18-19(2)34-39(37,33-18)28(36)27-17-22-16-24(10-13-26(22)40-27)35(3)14-15-38-25-11-6-21(7-12-25)20-4-8-23(9-5-20)29(30,31)32/h4-13,16-19,28,36H,14-15H2,1-3H3,(H2,33,34,37)/t18-,19-,28?/m0/s1. The van der Waals surface area contributed by atoms with Gasteiger partial charge in [0.05, 0.1) is 12.1 Å². The van der Waals surface area contributed by atoms with E-state index in [1.807, 2.05) is 57.3 Å². The van der Waals surface area contributed by atoms with Crippen molar-refractivity contribution in [3.05, 3.63) is 83.2 Å². The molecule has 3 atom stereocenters. The Balaban J connectivity index is 1.18. The molecule has 212 valence electrons. The Hall–Kier alpha value is -2.88. The first-order chi connectivity index (χ1) is 18.9. The van der Waals surface area contributed by atoms with Crippen molar-refractivity contribution in [3.8, 4) is 16.9 Å². The second-order valence-electron chi connectivity index (χ2n) is 10.1. The predicted octanol–water partition coefficient (Wildman–Crippen LogP) is 7.26. The van der Waals surface area contributed by atoms with E-state index in [1.165, 1.54) is 23.5 Å². The first-order valence-electron chi connectivity index (χ1n) is 12.9. The minimum atomic E-state index is -4.35. The molecular weight excluding hydrogens is 558 g/mol. The number of benzene rings is 3. The molecule has 1 aliphatic heterocycles. The topological polar surface area (TPSA) is 73.8 Å². The summed E-state index contributed by atoms with van der Waals surface area (Å²) in [5, 5.41) is 18.0. The molecule has 1 saturated heterocycles. The van der Waals surface area contributed by atoms with Gasteiger partial charge in [0.1, 0.15) is 12.4 Å². The van der Waals surface area contributed by atoms with Gasteiger partial charge in [0.15, 0.2) is 5.85 Å². The van der Waals surface area contributed by atoms with Crippen LogP contribution in [0.1, 0.15) is 30.1 Å². The molecule has 1 aliphatic rings. The minimum absolute atomic E-state index is 0.00861. The number of halogens is 3. The van der Waals surface area contributed by atoms with Gasteiger partial charge in [-0.1, -0.05) is 24.3 Å². The van der Waals surface area contributed by atoms with Crippen molar-refractivity contribution in [2.45, 2.75) is 38.0 Å². The maximum absolute atomic E-state index is 13.2. The summed E-state index contributed by atoms with van der Waals surface area (Å²) in [7, 11) is -1.19. The lowest BCUT2D eigenvalue weighted by molar-refractivity contribution is -0.137. The summed E-state index contributed by atoms with van der Waals surface area (Å²) >= 11 is 1.43. The van der Waals surface area contributed by atoms with Crippen molar-refractivity contribution in [3.63, 3.8) is 0 Å². The van der Waals surface area contributed by atoms with Crippen molar-refractivity contribution in [2.24, 2.45) is 0 Å². The van der Waals surface area contributed by atoms with E-state index >= 15 is 0 Å². The molecule has 3 N–H and O–H groups in total. The molecule has 0 bridgehead atoms. The molecule has 1 unspecified atom stereocenters. The van der Waals surface area contributed by atoms with Crippen LogP contribution in [0.3, 0.4) is 0 Å². The number of nitrogens with one attached hydrogen (secondary N) is 2. The van der Waals surface area contributed by atoms with Crippen LogP contribution in [0.15, 0.2) is 72.8 Å². The second kappa shape index (κ2) is 11.2. The summed E-state index contributed by atoms with van der Waals surface area (Å²) in [5.41, 5.74) is 1.82. The zero-order valence-corrected chi connectivity index (χ0v) is 24.0. The zero-order chi connectivity index (χ0) is 28.7. The minimum Gasteiger partial charge on any atom is -0.492 e. The normalized spacial score (nSPS) is 19.6. The number of rotatable bonds is 8. The van der Waals surface area contributed by atoms with Gasteiger partial charge in [-0.3, -0.25) is 4.57 Å². The Morgan fingerprint density at radius 1 is 0.975 bits per heavy atom. The number of ether oxygens (including phenoxy) is 1. The summed E-state index contributed by atoms with van der Waals surface area (Å²) in [5.74, 6) is -0.443. The van der Waals surface area contributed by atoms with E-state index in [1.54, 1.807) is 12.1 Å². The molecule has 6 nitrogen and oxygen atoms in total. The molecular formula is C29H31F3N3O3PS. The summed E-state index contributed by atoms with van der Waals surface area (Å²) in [6, 6.07) is 20.3. The first kappa shape index (κ1) is 28.6. The van der Waals surface area contributed by atoms with Crippen LogP contribution in [-0.4, -0.2) is 37.4 Å². The van der Waals surface area contributed by atoms with Gasteiger partial charge in [-0.2, -0.15) is 13.2 Å². The number of hydrogen-bond donors (Lipinski definition) is 3. The number of aliphatic hydroxyl groups excluding tert-OH is 1. The van der Waals surface area contributed by atoms with Crippen LogP contribution in [0.4, 0.5) is 18.9 Å². The number of aliphatic hydroxyl groups is 1. The lowest BCUT2D eigenvalue weighted by Crippen LogP contribution is -2.26. The number of likely N-dealkylation sites (N-methyl/N-ethyl adjacent to an activating group) is 1. The first-order valence-corrected chi connectivity index (χ1v) is 15.5. The fourth-order valence-corrected chi connectivity index (χ4v) is 8.59. The van der Waals surface area contributed by atoms with Gasteiger partial charge in [0.25, 0.3) is 0 Å². The van der Waals surface area contributed by atoms with Crippen LogP contribution in [0.25, 0.3) is 21.2 Å². The van der Waals surface area contributed by atoms with Gasteiger partial charge >= 0.3 is 6.18 Å². The van der Waals surface area contributed by atoms with Crippen molar-refractivity contribution in [1.29, 1.82) is 0 Å². The van der Waals surface area contributed by atoms with E-state index in [2.05, 4.69) is 15.1 Å². The molecule has 4 aromatic rings. The average Bonchev–Trinajstić information content (AvgIpc) is 3.47. The molecule has 40 heavy (non-hydrogen) atoms. The van der Waals surface area contributed by atoms with Crippen molar-refractivity contribution in [2.75, 3.05) is 25.1 Å². The van der Waals surface area contributed by atoms with E-state index in [4.69, 9.17) is 4.74 Å². The fraction of sp³-hybridized carbons (Fsp3) is 0.310. The second-order valence-corrected chi connectivity index (χ2v) is 13.5. The Kier molecular flexibility index (Phi) is 8.01. The average molecular weight is 590 g/mol. The monoisotopic (exact) mass is 589 g/mol. The molecule has 3 aromatic carbocycles. The number of alkyl halides is 3. The Morgan fingerprint density at radius 3 is 2.17 bits per heavy atom. The van der Waals surface area contributed by atoms with Gasteiger partial charge < -0.3 is 14.7 Å². The molecule has 0 radical (unpaired) electrons. The summed E-state index contributed by atoms with van der Waals surface area (Å²) < 4.78 is 58.5. The van der Waals surface area contributed by atoms with Crippen LogP contribution in [0.5, 0.6) is 5.75 Å². The van der Waals surface area contributed by atoms with Crippen LogP contribution in [0.2, 0.25) is 0 Å². The highest BCUT2D eigenvalue weighted by Crippen LogP contribution is 2.56. The van der Waals surface area contributed by atoms with Gasteiger partial charge in [-0.25, -0.2) is 10.2 Å². The molecule has 0 saturated carbocycles. The zero-order valence-electron chi connectivity index (χ0n) is 22.3. The smallest absolute Gasteiger partial charge is 0.416 e. The molecule has 0 spiro atoms. The van der Waals surface area contributed by atoms with Crippen LogP contribution in [0, 0.1) is 0 Å². The molecule has 0 aliphatic carbocycles. The van der Waals surface area contributed by atoms with Crippen LogP contribution in [-0.2, 0) is 10.7 Å². The SMILES string of the molecule is C[C@@H]1NP(=O)(C(O)c2cc3cc(N(C)CCOc4ccc(-c5ccc(C(F)(F)F)cc5)cc4)ccc3s2)N[C@H]1C. The molecule has 11 heteroatoms. The van der Waals surface area contributed by atoms with E-state index in [0.29, 0.717) is 29.3 Å². The highest BCUT2D eigenvalue weighted by molar-refractivity contribution is 7.60. The van der Waals surface area contributed by atoms with Gasteiger partial charge in [-0.15, -0.1) is 11.3 Å². The van der Waals surface area contributed by atoms with E-state index in [0.717, 1.165) is 33.5 Å². The number of fused-ring (bicyclic) bond motifs is 1. The Labute approximate surface area is 235 Å². The van der Waals surface area contributed by atoms with Crippen molar-refractivity contribution in [1.82, 2.24) is 10.2 Å². The number of thiophene rings is 1. The van der Waals surface area contributed by atoms with Crippen molar-refractivity contribution < 1.29 is 27.6 Å². The highest BCUT2D eigenvalue weighted by Gasteiger charge is 2.42. The van der Waals surface area contributed by atoms with Crippen LogP contribution >= 0.6 is 18.8 Å². The van der Waals surface area contributed by atoms with Gasteiger partial charge in [-0.05, 0) is 78.9 Å². The Bertz CT molecular complexity index is 1510. The Morgan fingerprint density at radius 2 is 1.57 bits per heavy atom. The number of nitrogens with zero attached hydrogens (tertiary/aromatic N) is 1. The maximum Gasteiger partial charge on any atom is 0.416 e. The molecule has 1 fully saturated rings. The lowest BCUT2D eigenvalue weighted by atomic mass is 10.0.